The molecule has 0 fully saturated rings. The van der Waals surface area contributed by atoms with E-state index >= 15 is 0 Å². The number of ether oxygens (including phenoxy) is 1. The highest BCUT2D eigenvalue weighted by atomic mass is 19.3. The van der Waals surface area contributed by atoms with Crippen molar-refractivity contribution in [2.24, 2.45) is 5.41 Å². The van der Waals surface area contributed by atoms with Crippen LogP contribution in [-0.4, -0.2) is 42.3 Å². The van der Waals surface area contributed by atoms with Crippen LogP contribution in [0.1, 0.15) is 27.2 Å². The van der Waals surface area contributed by atoms with Crippen LogP contribution < -0.4 is 10.1 Å². The van der Waals surface area contributed by atoms with Crippen LogP contribution in [-0.2, 0) is 0 Å². The summed E-state index contributed by atoms with van der Waals surface area (Å²) in [6.07, 6.45) is 0.491. The fourth-order valence-electron chi connectivity index (χ4n) is 2.01. The van der Waals surface area contributed by atoms with E-state index in [1.807, 2.05) is 20.8 Å². The largest absolute Gasteiger partial charge is 0.435 e. The van der Waals surface area contributed by atoms with Crippen LogP contribution in [0.4, 0.5) is 19.3 Å². The van der Waals surface area contributed by atoms with Gasteiger partial charge in [0.25, 0.3) is 0 Å². The van der Waals surface area contributed by atoms with Crippen LogP contribution in [0.3, 0.4) is 0 Å². The molecule has 0 heterocycles. The van der Waals surface area contributed by atoms with Gasteiger partial charge in [-0.2, -0.15) is 8.78 Å². The van der Waals surface area contributed by atoms with Gasteiger partial charge in [0.1, 0.15) is 5.75 Å². The number of nitrogens with zero attached hydrogens (tertiary/aromatic N) is 1. The van der Waals surface area contributed by atoms with E-state index in [0.29, 0.717) is 25.2 Å². The third kappa shape index (κ3) is 7.78. The standard InChI is InChI=1S/C16H24F2N2O3/c1-16(2,3)11-20(9-4-10-21)15(22)19-12-5-7-13(8-6-12)23-14(17)18/h5-8,14,21H,4,9-11H2,1-3H3,(H,19,22). The van der Waals surface area contributed by atoms with E-state index in [0.717, 1.165) is 0 Å². The van der Waals surface area contributed by atoms with E-state index in [9.17, 15) is 13.6 Å². The van der Waals surface area contributed by atoms with Gasteiger partial charge in [0.05, 0.1) is 0 Å². The molecular formula is C16H24F2N2O3. The molecule has 0 aliphatic carbocycles. The minimum atomic E-state index is -2.88. The molecule has 1 rings (SSSR count). The van der Waals surface area contributed by atoms with E-state index < -0.39 is 6.61 Å². The monoisotopic (exact) mass is 330 g/mol. The number of alkyl halides is 2. The van der Waals surface area contributed by atoms with Gasteiger partial charge >= 0.3 is 12.6 Å². The Hall–Kier alpha value is -1.89. The van der Waals surface area contributed by atoms with Crippen LogP contribution in [0.2, 0.25) is 0 Å². The Kier molecular flexibility index (Phi) is 7.22. The first-order valence-corrected chi connectivity index (χ1v) is 7.43. The Labute approximate surface area is 135 Å². The van der Waals surface area contributed by atoms with E-state index in [1.54, 1.807) is 4.90 Å². The number of hydrogen-bond acceptors (Lipinski definition) is 3. The number of carbonyl (C=O) groups is 1. The van der Waals surface area contributed by atoms with Gasteiger partial charge in [0, 0.05) is 25.4 Å². The zero-order chi connectivity index (χ0) is 17.5. The highest BCUT2D eigenvalue weighted by Crippen LogP contribution is 2.19. The molecule has 0 bridgehead atoms. The van der Waals surface area contributed by atoms with Crippen LogP contribution in [0.15, 0.2) is 24.3 Å². The summed E-state index contributed by atoms with van der Waals surface area (Å²) in [5.74, 6) is 0.0322. The number of rotatable bonds is 7. The number of aliphatic hydroxyl groups is 1. The minimum Gasteiger partial charge on any atom is -0.435 e. The van der Waals surface area contributed by atoms with Gasteiger partial charge in [-0.05, 0) is 36.1 Å². The van der Waals surface area contributed by atoms with Crippen molar-refractivity contribution >= 4 is 11.7 Å². The normalized spacial score (nSPS) is 11.4. The molecule has 0 aromatic heterocycles. The second-order valence-corrected chi connectivity index (χ2v) is 6.39. The number of urea groups is 1. The zero-order valence-electron chi connectivity index (χ0n) is 13.7. The molecule has 2 N–H and O–H groups in total. The van der Waals surface area contributed by atoms with Gasteiger partial charge in [-0.25, -0.2) is 4.79 Å². The summed E-state index contributed by atoms with van der Waals surface area (Å²) in [5, 5.41) is 11.7. The van der Waals surface area contributed by atoms with Crippen molar-refractivity contribution in [3.05, 3.63) is 24.3 Å². The highest BCUT2D eigenvalue weighted by molar-refractivity contribution is 5.89. The molecule has 23 heavy (non-hydrogen) atoms. The Morgan fingerprint density at radius 1 is 1.30 bits per heavy atom. The Balaban J connectivity index is 2.69. The number of anilines is 1. The molecule has 0 unspecified atom stereocenters. The summed E-state index contributed by atoms with van der Waals surface area (Å²) in [6, 6.07) is 5.43. The van der Waals surface area contributed by atoms with Crippen molar-refractivity contribution in [2.45, 2.75) is 33.8 Å². The van der Waals surface area contributed by atoms with Crippen molar-refractivity contribution in [3.63, 3.8) is 0 Å². The molecular weight excluding hydrogens is 306 g/mol. The molecule has 7 heteroatoms. The quantitative estimate of drug-likeness (QED) is 0.804. The van der Waals surface area contributed by atoms with Crippen molar-refractivity contribution in [1.82, 2.24) is 4.90 Å². The molecule has 1 aromatic carbocycles. The molecule has 1 aromatic rings. The number of carbonyl (C=O) groups excluding carboxylic acids is 1. The van der Waals surface area contributed by atoms with Crippen LogP contribution in [0.5, 0.6) is 5.75 Å². The summed E-state index contributed by atoms with van der Waals surface area (Å²) in [6.45, 7) is 4.15. The second kappa shape index (κ2) is 8.67. The lowest BCUT2D eigenvalue weighted by atomic mass is 9.96. The SMILES string of the molecule is CC(C)(C)CN(CCCO)C(=O)Nc1ccc(OC(F)F)cc1. The minimum absolute atomic E-state index is 0.00753. The first-order chi connectivity index (χ1) is 10.7. The summed E-state index contributed by atoms with van der Waals surface area (Å²) >= 11 is 0. The Bertz CT molecular complexity index is 487. The molecule has 0 aliphatic rings. The van der Waals surface area contributed by atoms with Crippen molar-refractivity contribution in [1.29, 1.82) is 0 Å². The van der Waals surface area contributed by atoms with Crippen molar-refractivity contribution in [3.8, 4) is 5.75 Å². The Morgan fingerprint density at radius 3 is 2.39 bits per heavy atom. The number of hydrogen-bond donors (Lipinski definition) is 2. The van der Waals surface area contributed by atoms with Gasteiger partial charge < -0.3 is 20.1 Å². The van der Waals surface area contributed by atoms with E-state index in [1.165, 1.54) is 24.3 Å². The van der Waals surface area contributed by atoms with E-state index in [4.69, 9.17) is 5.11 Å². The van der Waals surface area contributed by atoms with Gasteiger partial charge in [-0.3, -0.25) is 0 Å². The summed E-state index contributed by atoms with van der Waals surface area (Å²) in [5.41, 5.74) is 0.404. The van der Waals surface area contributed by atoms with Gasteiger partial charge in [0.2, 0.25) is 0 Å². The lowest BCUT2D eigenvalue weighted by Crippen LogP contribution is -2.41. The predicted molar refractivity (Wildman–Crippen MR) is 84.8 cm³/mol. The van der Waals surface area contributed by atoms with Gasteiger partial charge in [0.15, 0.2) is 0 Å². The smallest absolute Gasteiger partial charge is 0.387 e. The maximum Gasteiger partial charge on any atom is 0.387 e. The van der Waals surface area contributed by atoms with Crippen molar-refractivity contribution in [2.75, 3.05) is 25.0 Å². The average molecular weight is 330 g/mol. The highest BCUT2D eigenvalue weighted by Gasteiger charge is 2.20. The van der Waals surface area contributed by atoms with Crippen LogP contribution in [0, 0.1) is 5.41 Å². The van der Waals surface area contributed by atoms with Gasteiger partial charge in [-0.1, -0.05) is 20.8 Å². The third-order valence-corrected chi connectivity index (χ3v) is 2.87. The first kappa shape index (κ1) is 19.2. The second-order valence-electron chi connectivity index (χ2n) is 6.39. The number of nitrogens with one attached hydrogen (secondary N) is 1. The van der Waals surface area contributed by atoms with E-state index in [2.05, 4.69) is 10.1 Å². The number of halogens is 2. The lowest BCUT2D eigenvalue weighted by molar-refractivity contribution is -0.0498. The van der Waals surface area contributed by atoms with E-state index in [-0.39, 0.29) is 23.8 Å². The first-order valence-electron chi connectivity index (χ1n) is 7.43. The molecule has 0 atom stereocenters. The predicted octanol–water partition coefficient (Wildman–Crippen LogP) is 3.55. The topological polar surface area (TPSA) is 61.8 Å². The summed E-state index contributed by atoms with van der Waals surface area (Å²) in [4.78, 5) is 14.0. The number of amides is 2. The molecule has 0 spiro atoms. The maximum atomic E-state index is 12.3. The van der Waals surface area contributed by atoms with Crippen molar-refractivity contribution < 1.29 is 23.4 Å². The van der Waals surface area contributed by atoms with Gasteiger partial charge in [-0.15, -0.1) is 0 Å². The molecule has 5 nitrogen and oxygen atoms in total. The molecule has 0 saturated carbocycles. The van der Waals surface area contributed by atoms with Crippen LogP contribution in [0.25, 0.3) is 0 Å². The average Bonchev–Trinajstić information content (AvgIpc) is 2.43. The fraction of sp³-hybridized carbons (Fsp3) is 0.562. The summed E-state index contributed by atoms with van der Waals surface area (Å²) in [7, 11) is 0. The Morgan fingerprint density at radius 2 is 1.91 bits per heavy atom. The third-order valence-electron chi connectivity index (χ3n) is 2.87. The molecule has 2 amide bonds. The zero-order valence-corrected chi connectivity index (χ0v) is 13.7. The molecule has 130 valence electrons. The van der Waals surface area contributed by atoms with Crippen LogP contribution >= 0.6 is 0 Å². The summed E-state index contributed by atoms with van der Waals surface area (Å²) < 4.78 is 28.4. The maximum absolute atomic E-state index is 12.3. The molecule has 0 aliphatic heterocycles. The number of benzene rings is 1. The fourth-order valence-corrected chi connectivity index (χ4v) is 2.01. The number of aliphatic hydroxyl groups excluding tert-OH is 1. The lowest BCUT2D eigenvalue weighted by Gasteiger charge is -2.30. The molecule has 0 saturated heterocycles. The molecule has 0 radical (unpaired) electrons.